The van der Waals surface area contributed by atoms with Gasteiger partial charge in [-0.15, -0.1) is 0 Å². The summed E-state index contributed by atoms with van der Waals surface area (Å²) in [5.74, 6) is 0. The first kappa shape index (κ1) is 75.6. The molecule has 0 atom stereocenters. The summed E-state index contributed by atoms with van der Waals surface area (Å²) in [6, 6.07) is 182. The summed E-state index contributed by atoms with van der Waals surface area (Å²) in [7, 11) is 0. The molecule has 0 aliphatic carbocycles. The lowest BCUT2D eigenvalue weighted by atomic mass is 9.84. The lowest BCUT2D eigenvalue weighted by Gasteiger charge is -2.19. The molecule has 0 heteroatoms. The highest BCUT2D eigenvalue weighted by atomic mass is 14.3. The maximum absolute atomic E-state index is 2.41. The van der Waals surface area contributed by atoms with Crippen LogP contribution in [0.15, 0.2) is 497 Å². The number of hydrogen-bond donors (Lipinski definition) is 0. The molecule has 602 valence electrons. The van der Waals surface area contributed by atoms with Crippen molar-refractivity contribution in [2.75, 3.05) is 0 Å². The standard InChI is InChI=1S/2C44H28.C42H26/c1-2-14-30(15-3-1)42-36-21-8-10-23-38(36)44(39-24-11-9-22-37(39)42)33-18-12-17-32(27-33)43-35-20-7-5-16-31(35)28-41-34-19-6-4-13-29(34)25-26-40(41)43;1-2-13-31(14-3-1)42-37-18-8-10-20-39(37)43(40-21-11-9-19-38(40)42)32-25-22-30(23-26-32)41-28-33-27-24-29-12-4-5-15-34(29)44(33)36-17-7-6-16-35(36)41;1-2-9-28(10-3-1)40-34-13-4-6-15-36(34)41(37-16-7-5-14-35(37)40)31-19-17-27(18-20-31)33-25-23-32-22-21-29-11-8-12-30-24-26-38(33)42(32)39(29)30/h2*1-28H;1-26H. The van der Waals surface area contributed by atoms with Crippen molar-refractivity contribution < 1.29 is 0 Å². The summed E-state index contributed by atoms with van der Waals surface area (Å²) in [6.07, 6.45) is 0. The molecule has 0 saturated carbocycles. The summed E-state index contributed by atoms with van der Waals surface area (Å²) in [4.78, 5) is 0. The second kappa shape index (κ2) is 31.6. The van der Waals surface area contributed by atoms with Gasteiger partial charge < -0.3 is 0 Å². The molecule has 0 heterocycles. The molecule has 0 aromatic heterocycles. The van der Waals surface area contributed by atoms with Gasteiger partial charge in [-0.3, -0.25) is 0 Å². The van der Waals surface area contributed by atoms with Crippen LogP contribution in [0, 0.1) is 0 Å². The summed E-state index contributed by atoms with van der Waals surface area (Å²) in [5.41, 5.74) is 22.8. The fourth-order valence-electron chi connectivity index (χ4n) is 21.8. The molecule has 0 bridgehead atoms. The molecule has 27 aromatic rings. The van der Waals surface area contributed by atoms with E-state index in [0.29, 0.717) is 0 Å². The van der Waals surface area contributed by atoms with Gasteiger partial charge in [-0.1, -0.05) is 479 Å². The van der Waals surface area contributed by atoms with Crippen molar-refractivity contribution >= 4 is 162 Å². The van der Waals surface area contributed by atoms with Crippen molar-refractivity contribution in [1.29, 1.82) is 0 Å². The topological polar surface area (TPSA) is 0 Å². The highest BCUT2D eigenvalue weighted by molar-refractivity contribution is 6.29. The zero-order valence-electron chi connectivity index (χ0n) is 71.3. The van der Waals surface area contributed by atoms with E-state index in [1.807, 2.05) is 0 Å². The second-order valence-electron chi connectivity index (χ2n) is 34.5. The van der Waals surface area contributed by atoms with E-state index < -0.39 is 0 Å². The molecule has 27 aromatic carbocycles. The Morgan fingerprint density at radius 2 is 0.346 bits per heavy atom. The molecule has 0 aliphatic rings. The summed E-state index contributed by atoms with van der Waals surface area (Å²) < 4.78 is 0. The first-order valence-electron chi connectivity index (χ1n) is 45.2. The van der Waals surface area contributed by atoms with Crippen LogP contribution in [-0.4, -0.2) is 0 Å². The summed E-state index contributed by atoms with van der Waals surface area (Å²) in [6.45, 7) is 0. The molecule has 27 rings (SSSR count). The third-order valence-electron chi connectivity index (χ3n) is 27.4. The van der Waals surface area contributed by atoms with Gasteiger partial charge in [0.25, 0.3) is 0 Å². The Balaban J connectivity index is 0.000000105. The highest BCUT2D eigenvalue weighted by Crippen LogP contribution is 2.51. The number of benzene rings is 27. The highest BCUT2D eigenvalue weighted by Gasteiger charge is 2.24. The third kappa shape index (κ3) is 12.7. The zero-order valence-corrected chi connectivity index (χ0v) is 71.3. The van der Waals surface area contributed by atoms with E-state index in [0.717, 1.165) is 0 Å². The molecule has 0 saturated heterocycles. The van der Waals surface area contributed by atoms with Crippen molar-refractivity contribution in [2.45, 2.75) is 0 Å². The van der Waals surface area contributed by atoms with Gasteiger partial charge >= 0.3 is 0 Å². The fourth-order valence-corrected chi connectivity index (χ4v) is 21.8. The van der Waals surface area contributed by atoms with Crippen LogP contribution in [0.2, 0.25) is 0 Å². The van der Waals surface area contributed by atoms with Crippen LogP contribution in [-0.2, 0) is 0 Å². The molecule has 0 aliphatic heterocycles. The summed E-state index contributed by atoms with van der Waals surface area (Å²) in [5, 5.41) is 38.8. The van der Waals surface area contributed by atoms with Gasteiger partial charge in [0.2, 0.25) is 0 Å². The van der Waals surface area contributed by atoms with Gasteiger partial charge in [0.05, 0.1) is 0 Å². The van der Waals surface area contributed by atoms with E-state index in [-0.39, 0.29) is 0 Å². The van der Waals surface area contributed by atoms with Gasteiger partial charge in [-0.05, 0) is 280 Å². The van der Waals surface area contributed by atoms with Gasteiger partial charge in [-0.25, -0.2) is 0 Å². The van der Waals surface area contributed by atoms with E-state index in [4.69, 9.17) is 0 Å². The second-order valence-corrected chi connectivity index (χ2v) is 34.5. The molecular weight excluding hydrogens is 1560 g/mol. The maximum Gasteiger partial charge on any atom is -0.00206 e. The van der Waals surface area contributed by atoms with Gasteiger partial charge in [0.15, 0.2) is 0 Å². The Labute approximate surface area is 753 Å². The first-order valence-corrected chi connectivity index (χ1v) is 45.2. The van der Waals surface area contributed by atoms with Crippen LogP contribution in [0.5, 0.6) is 0 Å². The van der Waals surface area contributed by atoms with Crippen LogP contribution >= 0.6 is 0 Å². The molecule has 0 spiro atoms. The maximum atomic E-state index is 2.41. The Bertz CT molecular complexity index is 9000. The smallest absolute Gasteiger partial charge is 0.00206 e. The predicted octanol–water partition coefficient (Wildman–Crippen LogP) is 36.8. The van der Waals surface area contributed by atoms with Crippen LogP contribution in [0.3, 0.4) is 0 Å². The van der Waals surface area contributed by atoms with Crippen LogP contribution in [0.1, 0.15) is 0 Å². The van der Waals surface area contributed by atoms with E-state index >= 15 is 0 Å². The number of fused-ring (bicyclic) bond motifs is 15. The Kier molecular flexibility index (Phi) is 18.4. The van der Waals surface area contributed by atoms with Crippen LogP contribution in [0.25, 0.3) is 262 Å². The summed E-state index contributed by atoms with van der Waals surface area (Å²) >= 11 is 0. The number of hydrogen-bond acceptors (Lipinski definition) is 0. The van der Waals surface area contributed by atoms with E-state index in [2.05, 4.69) is 497 Å². The Morgan fingerprint density at radius 3 is 0.800 bits per heavy atom. The minimum atomic E-state index is 1.23. The molecule has 0 nitrogen and oxygen atoms in total. The normalized spacial score (nSPS) is 11.7. The van der Waals surface area contributed by atoms with Crippen molar-refractivity contribution in [3.8, 4) is 100 Å². The lowest BCUT2D eigenvalue weighted by Crippen LogP contribution is -1.91. The molecule has 130 heavy (non-hydrogen) atoms. The molecule has 0 amide bonds. The monoisotopic (exact) mass is 1640 g/mol. The van der Waals surface area contributed by atoms with Crippen LogP contribution in [0.4, 0.5) is 0 Å². The average Bonchev–Trinajstić information content (AvgIpc) is 0.731. The van der Waals surface area contributed by atoms with E-state index in [1.54, 1.807) is 0 Å². The molecule has 0 radical (unpaired) electrons. The van der Waals surface area contributed by atoms with E-state index in [1.165, 1.54) is 262 Å². The lowest BCUT2D eigenvalue weighted by molar-refractivity contribution is 1.64. The number of rotatable bonds is 9. The van der Waals surface area contributed by atoms with Gasteiger partial charge in [-0.2, -0.15) is 0 Å². The third-order valence-corrected chi connectivity index (χ3v) is 27.4. The molecular formula is C130H82. The van der Waals surface area contributed by atoms with Crippen molar-refractivity contribution in [2.24, 2.45) is 0 Å². The minimum Gasteiger partial charge on any atom is -0.0622 e. The first-order chi connectivity index (χ1) is 64.5. The fraction of sp³-hybridized carbons (Fsp3) is 0. The zero-order chi connectivity index (χ0) is 85.7. The molecule has 0 unspecified atom stereocenters. The largest absolute Gasteiger partial charge is 0.0622 e. The Morgan fingerprint density at radius 1 is 0.0846 bits per heavy atom. The minimum absolute atomic E-state index is 1.23. The van der Waals surface area contributed by atoms with Crippen molar-refractivity contribution in [3.63, 3.8) is 0 Å². The van der Waals surface area contributed by atoms with Crippen molar-refractivity contribution in [1.82, 2.24) is 0 Å². The molecule has 0 fully saturated rings. The Hall–Kier alpha value is -16.9. The average molecular weight is 1640 g/mol. The quantitative estimate of drug-likeness (QED) is 0.0998. The van der Waals surface area contributed by atoms with Gasteiger partial charge in [0.1, 0.15) is 0 Å². The molecule has 0 N–H and O–H groups in total. The van der Waals surface area contributed by atoms with Crippen molar-refractivity contribution in [3.05, 3.63) is 497 Å². The van der Waals surface area contributed by atoms with E-state index in [9.17, 15) is 0 Å². The van der Waals surface area contributed by atoms with Gasteiger partial charge in [0, 0.05) is 0 Å². The predicted molar refractivity (Wildman–Crippen MR) is 562 cm³/mol. The SMILES string of the molecule is c1ccc(-c2c3ccccc3c(-c3ccc(-c4cc5ccc6ccccc6c5c5ccccc45)cc3)c3ccccc23)cc1.c1ccc(-c2c3ccccc3c(-c3ccc(-c4ccc5ccc6cccc7ccc4c5c67)cc3)c3ccccc23)cc1.c1ccc(-c2c3ccccc3c(-c3cccc(-c4c5ccccc5cc5c4ccc4ccccc45)c3)c3ccccc23)cc1. The van der Waals surface area contributed by atoms with Crippen LogP contribution < -0.4 is 0 Å².